The number of morpholine rings is 2. The summed E-state index contributed by atoms with van der Waals surface area (Å²) in [5, 5.41) is 0. The van der Waals surface area contributed by atoms with E-state index < -0.39 is 0 Å². The van der Waals surface area contributed by atoms with Gasteiger partial charge in [0, 0.05) is 90.4 Å². The number of hydrogen-bond acceptors (Lipinski definition) is 8. The third-order valence-corrected chi connectivity index (χ3v) is 12.4. The molecular formula is C40H56N8O2. The first-order valence-corrected chi connectivity index (χ1v) is 19.8. The van der Waals surface area contributed by atoms with Crippen LogP contribution in [0.4, 0.5) is 0 Å². The van der Waals surface area contributed by atoms with Crippen LogP contribution in [0.3, 0.4) is 0 Å². The first kappa shape index (κ1) is 33.0. The smallest absolute Gasteiger partial charge is 0.111 e. The molecule has 0 bridgehead atoms. The van der Waals surface area contributed by atoms with Crippen molar-refractivity contribution in [3.8, 4) is 0 Å². The Balaban J connectivity index is 0.000000135. The summed E-state index contributed by atoms with van der Waals surface area (Å²) in [7, 11) is 0. The van der Waals surface area contributed by atoms with Crippen LogP contribution < -0.4 is 0 Å². The van der Waals surface area contributed by atoms with Crippen molar-refractivity contribution in [3.63, 3.8) is 0 Å². The van der Waals surface area contributed by atoms with Crippen LogP contribution in [0.25, 0.3) is 22.1 Å². The Morgan fingerprint density at radius 2 is 0.980 bits per heavy atom. The molecule has 0 N–H and O–H groups in total. The van der Waals surface area contributed by atoms with E-state index >= 15 is 0 Å². The highest BCUT2D eigenvalue weighted by atomic mass is 16.5. The maximum atomic E-state index is 5.46. The molecule has 4 aromatic rings. The van der Waals surface area contributed by atoms with Crippen LogP contribution in [0.5, 0.6) is 0 Å². The predicted octanol–water partition coefficient (Wildman–Crippen LogP) is 4.56. The highest BCUT2D eigenvalue weighted by Gasteiger charge is 2.29. The van der Waals surface area contributed by atoms with Crippen LogP contribution in [0, 0.1) is 0 Å². The second-order valence-electron chi connectivity index (χ2n) is 15.6. The maximum Gasteiger partial charge on any atom is 0.111 e. The summed E-state index contributed by atoms with van der Waals surface area (Å²) < 4.78 is 15.9. The van der Waals surface area contributed by atoms with Crippen molar-refractivity contribution in [2.24, 2.45) is 0 Å². The Morgan fingerprint density at radius 1 is 0.520 bits per heavy atom. The number of aromatic nitrogens is 4. The molecule has 0 unspecified atom stereocenters. The molecule has 268 valence electrons. The highest BCUT2D eigenvalue weighted by Crippen LogP contribution is 2.29. The molecule has 2 aromatic carbocycles. The zero-order chi connectivity index (χ0) is 33.3. The lowest BCUT2D eigenvalue weighted by molar-refractivity contribution is 0.0341. The standard InChI is InChI=1S/2C20H28N4O/c2*1-2-6-23-7-8-24-19-5-4-16(15-22-9-11-25-12-10-22)13-18(19)21-20(24)14-17(23)3-1/h2*4-5,13,17H,1-3,6-12,14-15H2/t2*17-/m10/s1. The summed E-state index contributed by atoms with van der Waals surface area (Å²) in [5.74, 6) is 2.60. The van der Waals surface area contributed by atoms with Gasteiger partial charge in [-0.15, -0.1) is 0 Å². The van der Waals surface area contributed by atoms with Crippen LogP contribution in [0.15, 0.2) is 36.4 Å². The van der Waals surface area contributed by atoms with Crippen molar-refractivity contribution in [3.05, 3.63) is 59.2 Å². The Labute approximate surface area is 297 Å². The molecule has 2 atom stereocenters. The molecule has 6 aliphatic rings. The third kappa shape index (κ3) is 7.12. The second kappa shape index (κ2) is 15.0. The van der Waals surface area contributed by atoms with Gasteiger partial charge in [0.2, 0.25) is 0 Å². The molecule has 10 rings (SSSR count). The van der Waals surface area contributed by atoms with E-state index in [1.807, 2.05) is 0 Å². The zero-order valence-electron chi connectivity index (χ0n) is 30.0. The van der Waals surface area contributed by atoms with Crippen molar-refractivity contribution < 1.29 is 9.47 Å². The Kier molecular flexibility index (Phi) is 9.91. The number of rotatable bonds is 4. The molecule has 0 radical (unpaired) electrons. The first-order valence-electron chi connectivity index (χ1n) is 19.8. The fourth-order valence-corrected chi connectivity index (χ4v) is 9.54. The molecule has 10 heteroatoms. The van der Waals surface area contributed by atoms with Gasteiger partial charge in [-0.1, -0.05) is 25.0 Å². The summed E-state index contributed by atoms with van der Waals surface area (Å²) >= 11 is 0. The van der Waals surface area contributed by atoms with Crippen molar-refractivity contribution >= 4 is 22.1 Å². The molecule has 50 heavy (non-hydrogen) atoms. The molecule has 2 aromatic heterocycles. The molecule has 8 heterocycles. The van der Waals surface area contributed by atoms with Crippen molar-refractivity contribution in [2.75, 3.05) is 78.8 Å². The number of benzene rings is 2. The van der Waals surface area contributed by atoms with E-state index in [2.05, 4.69) is 65.1 Å². The molecule has 0 amide bonds. The van der Waals surface area contributed by atoms with E-state index in [9.17, 15) is 0 Å². The topological polar surface area (TPSA) is 67.1 Å². The zero-order valence-corrected chi connectivity index (χ0v) is 30.0. The van der Waals surface area contributed by atoms with Gasteiger partial charge >= 0.3 is 0 Å². The lowest BCUT2D eigenvalue weighted by atomic mass is 10.00. The van der Waals surface area contributed by atoms with Crippen LogP contribution in [0.2, 0.25) is 0 Å². The Hall–Kier alpha value is -2.86. The molecule has 4 fully saturated rings. The number of fused-ring (bicyclic) bond motifs is 8. The van der Waals surface area contributed by atoms with Gasteiger partial charge in [0.25, 0.3) is 0 Å². The second-order valence-corrected chi connectivity index (χ2v) is 15.6. The lowest BCUT2D eigenvalue weighted by Crippen LogP contribution is -2.40. The number of piperidine rings is 2. The minimum Gasteiger partial charge on any atom is -0.379 e. The highest BCUT2D eigenvalue weighted by molar-refractivity contribution is 5.78. The van der Waals surface area contributed by atoms with Crippen LogP contribution >= 0.6 is 0 Å². The number of nitrogens with zero attached hydrogens (tertiary/aromatic N) is 8. The molecule has 0 spiro atoms. The van der Waals surface area contributed by atoms with Gasteiger partial charge in [-0.25, -0.2) is 9.97 Å². The monoisotopic (exact) mass is 680 g/mol. The summed E-state index contributed by atoms with van der Waals surface area (Å²) in [4.78, 5) is 20.4. The van der Waals surface area contributed by atoms with Gasteiger partial charge in [0.15, 0.2) is 0 Å². The van der Waals surface area contributed by atoms with Crippen LogP contribution in [-0.4, -0.2) is 130 Å². The lowest BCUT2D eigenvalue weighted by Gasteiger charge is -2.33. The maximum absolute atomic E-state index is 5.46. The van der Waals surface area contributed by atoms with E-state index in [1.54, 1.807) is 0 Å². The molecular weight excluding hydrogens is 624 g/mol. The molecule has 0 aliphatic carbocycles. The average molecular weight is 681 g/mol. The van der Waals surface area contributed by atoms with Gasteiger partial charge in [-0.2, -0.15) is 0 Å². The quantitative estimate of drug-likeness (QED) is 0.311. The Bertz CT molecular complexity index is 1630. The van der Waals surface area contributed by atoms with Crippen molar-refractivity contribution in [1.29, 1.82) is 0 Å². The van der Waals surface area contributed by atoms with Crippen molar-refractivity contribution in [1.82, 2.24) is 38.7 Å². The number of ether oxygens (including phenoxy) is 2. The van der Waals surface area contributed by atoms with Crippen LogP contribution in [0.1, 0.15) is 61.3 Å². The fourth-order valence-electron chi connectivity index (χ4n) is 9.54. The summed E-state index contributed by atoms with van der Waals surface area (Å²) in [6, 6.07) is 15.2. The van der Waals surface area contributed by atoms with Crippen LogP contribution in [-0.2, 0) is 48.5 Å². The van der Waals surface area contributed by atoms with E-state index in [0.29, 0.717) is 12.1 Å². The van der Waals surface area contributed by atoms with Gasteiger partial charge < -0.3 is 18.6 Å². The van der Waals surface area contributed by atoms with E-state index in [0.717, 1.165) is 91.6 Å². The fraction of sp³-hybridized carbons (Fsp3) is 0.650. The van der Waals surface area contributed by atoms with Crippen molar-refractivity contribution in [2.45, 2.75) is 89.6 Å². The number of imidazole rings is 2. The molecule has 4 saturated heterocycles. The molecule has 0 saturated carbocycles. The minimum absolute atomic E-state index is 0.708. The normalized spacial score (nSPS) is 25.5. The summed E-state index contributed by atoms with van der Waals surface area (Å²) in [5.41, 5.74) is 7.76. The summed E-state index contributed by atoms with van der Waals surface area (Å²) in [6.07, 6.45) is 10.4. The molecule has 10 nitrogen and oxygen atoms in total. The molecule has 6 aliphatic heterocycles. The third-order valence-electron chi connectivity index (χ3n) is 12.4. The van der Waals surface area contributed by atoms with E-state index in [-0.39, 0.29) is 0 Å². The van der Waals surface area contributed by atoms with E-state index in [4.69, 9.17) is 19.4 Å². The SMILES string of the molecule is c1cc2c(cc1CN1CCOCC1)nc1n2CCN2CCCC[C@@H]2C1.c1cc2c(cc1CN1CCOCC1)nc1n2CCN2CCCC[C@H]2C1. The van der Waals surface area contributed by atoms with Gasteiger partial charge in [0.1, 0.15) is 11.6 Å². The Morgan fingerprint density at radius 3 is 1.44 bits per heavy atom. The summed E-state index contributed by atoms with van der Waals surface area (Å²) in [6.45, 7) is 16.7. The van der Waals surface area contributed by atoms with E-state index in [1.165, 1.54) is 110 Å². The average Bonchev–Trinajstić information content (AvgIpc) is 3.52. The minimum atomic E-state index is 0.708. The number of hydrogen-bond donors (Lipinski definition) is 0. The largest absolute Gasteiger partial charge is 0.379 e. The first-order chi connectivity index (χ1) is 24.7. The predicted molar refractivity (Wildman–Crippen MR) is 197 cm³/mol. The van der Waals surface area contributed by atoms with Gasteiger partial charge in [-0.05, 0) is 74.2 Å². The van der Waals surface area contributed by atoms with Gasteiger partial charge in [0.05, 0.1) is 48.5 Å². The van der Waals surface area contributed by atoms with Gasteiger partial charge in [-0.3, -0.25) is 19.6 Å².